The highest BCUT2D eigenvalue weighted by molar-refractivity contribution is 5.95. The van der Waals surface area contributed by atoms with Crippen molar-refractivity contribution in [3.63, 3.8) is 0 Å². The van der Waals surface area contributed by atoms with Crippen molar-refractivity contribution in [1.29, 1.82) is 0 Å². The number of hydrogen-bond donors (Lipinski definition) is 1. The van der Waals surface area contributed by atoms with Crippen molar-refractivity contribution >= 4 is 5.91 Å². The molecule has 0 spiro atoms. The largest absolute Gasteiger partial charge is 0.346 e. The number of aromatic nitrogens is 1. The number of aryl methyl sites for hydroxylation is 1. The van der Waals surface area contributed by atoms with Crippen molar-refractivity contribution in [2.24, 2.45) is 0 Å². The lowest BCUT2D eigenvalue weighted by Crippen LogP contribution is -2.24. The zero-order valence-electron chi connectivity index (χ0n) is 10.6. The molecule has 1 N–H and O–H groups in total. The summed E-state index contributed by atoms with van der Waals surface area (Å²) in [4.78, 5) is 16.2. The van der Waals surface area contributed by atoms with E-state index < -0.39 is 0 Å². The Bertz CT molecular complexity index is 550. The Kier molecular flexibility index (Phi) is 3.72. The lowest BCUT2D eigenvalue weighted by atomic mass is 10.0. The summed E-state index contributed by atoms with van der Waals surface area (Å²) in [6.45, 7) is 4.42. The summed E-state index contributed by atoms with van der Waals surface area (Å²) in [5, 5.41) is 2.88. The summed E-state index contributed by atoms with van der Waals surface area (Å²) >= 11 is 0. The molecule has 1 heterocycles. The molecular formula is C15H16N2O. The second kappa shape index (κ2) is 5.45. The molecule has 0 saturated carbocycles. The van der Waals surface area contributed by atoms with E-state index in [0.29, 0.717) is 6.54 Å². The molecule has 1 aromatic carbocycles. The summed E-state index contributed by atoms with van der Waals surface area (Å²) in [5.74, 6) is -0.0538. The predicted molar refractivity (Wildman–Crippen MR) is 71.3 cm³/mol. The lowest BCUT2D eigenvalue weighted by molar-refractivity contribution is 0.0949. The highest BCUT2D eigenvalue weighted by Crippen LogP contribution is 2.12. The lowest BCUT2D eigenvalue weighted by Gasteiger charge is -2.09. The highest BCUT2D eigenvalue weighted by Gasteiger charge is 2.09. The van der Waals surface area contributed by atoms with Crippen LogP contribution in [0.4, 0.5) is 0 Å². The molecule has 0 aliphatic heterocycles. The number of carbonyl (C=O) groups is 1. The van der Waals surface area contributed by atoms with E-state index in [4.69, 9.17) is 0 Å². The first-order valence-corrected chi connectivity index (χ1v) is 5.93. The quantitative estimate of drug-likeness (QED) is 0.896. The molecule has 0 fully saturated rings. The van der Waals surface area contributed by atoms with E-state index >= 15 is 0 Å². The van der Waals surface area contributed by atoms with E-state index in [1.165, 1.54) is 0 Å². The maximum absolute atomic E-state index is 12.1. The molecule has 0 aliphatic carbocycles. The highest BCUT2D eigenvalue weighted by atomic mass is 16.1. The number of benzene rings is 1. The summed E-state index contributed by atoms with van der Waals surface area (Å²) in [5.41, 5.74) is 3.73. The average molecular weight is 240 g/mol. The van der Waals surface area contributed by atoms with Crippen molar-refractivity contribution in [3.05, 3.63) is 65.0 Å². The van der Waals surface area contributed by atoms with Crippen molar-refractivity contribution in [2.75, 3.05) is 0 Å². The van der Waals surface area contributed by atoms with E-state index in [-0.39, 0.29) is 5.91 Å². The molecule has 1 aromatic heterocycles. The van der Waals surface area contributed by atoms with Crippen LogP contribution in [0.5, 0.6) is 0 Å². The monoisotopic (exact) mass is 240 g/mol. The minimum atomic E-state index is -0.0538. The molecular weight excluding hydrogens is 224 g/mol. The molecule has 18 heavy (non-hydrogen) atoms. The number of amides is 1. The van der Waals surface area contributed by atoms with Crippen molar-refractivity contribution in [1.82, 2.24) is 10.3 Å². The van der Waals surface area contributed by atoms with Gasteiger partial charge in [0, 0.05) is 11.8 Å². The second-order valence-electron chi connectivity index (χ2n) is 4.25. The van der Waals surface area contributed by atoms with Gasteiger partial charge in [0.05, 0.1) is 12.2 Å². The van der Waals surface area contributed by atoms with Crippen LogP contribution in [0.15, 0.2) is 42.6 Å². The molecule has 1 amide bonds. The molecule has 3 nitrogen and oxygen atoms in total. The first-order chi connectivity index (χ1) is 8.68. The number of carbonyl (C=O) groups excluding carboxylic acids is 1. The fraction of sp³-hybridized carbons (Fsp3) is 0.200. The molecule has 0 unspecified atom stereocenters. The molecule has 0 bridgehead atoms. The normalized spacial score (nSPS) is 10.1. The molecule has 92 valence electrons. The SMILES string of the molecule is Cc1cccc(C(=O)NCc2ccccn2)c1C. The summed E-state index contributed by atoms with van der Waals surface area (Å²) in [6.07, 6.45) is 1.72. The summed E-state index contributed by atoms with van der Waals surface area (Å²) in [6, 6.07) is 11.4. The van der Waals surface area contributed by atoms with Crippen LogP contribution in [-0.2, 0) is 6.54 Å². The first kappa shape index (κ1) is 12.3. The van der Waals surface area contributed by atoms with Gasteiger partial charge in [0.1, 0.15) is 0 Å². The maximum atomic E-state index is 12.1. The van der Waals surface area contributed by atoms with Gasteiger partial charge >= 0.3 is 0 Å². The Morgan fingerprint density at radius 2 is 2.00 bits per heavy atom. The van der Waals surface area contributed by atoms with Gasteiger partial charge in [0.25, 0.3) is 5.91 Å². The van der Waals surface area contributed by atoms with Crippen LogP contribution < -0.4 is 5.32 Å². The van der Waals surface area contributed by atoms with Crippen LogP contribution in [0, 0.1) is 13.8 Å². The molecule has 0 saturated heterocycles. The topological polar surface area (TPSA) is 42.0 Å². The van der Waals surface area contributed by atoms with Crippen molar-refractivity contribution < 1.29 is 4.79 Å². The van der Waals surface area contributed by atoms with Crippen LogP contribution in [-0.4, -0.2) is 10.9 Å². The zero-order chi connectivity index (χ0) is 13.0. The summed E-state index contributed by atoms with van der Waals surface area (Å²) < 4.78 is 0. The maximum Gasteiger partial charge on any atom is 0.251 e. The third-order valence-corrected chi connectivity index (χ3v) is 3.01. The standard InChI is InChI=1S/C15H16N2O/c1-11-6-5-8-14(12(11)2)15(18)17-10-13-7-3-4-9-16-13/h3-9H,10H2,1-2H3,(H,17,18). The first-order valence-electron chi connectivity index (χ1n) is 5.93. The molecule has 0 aliphatic rings. The van der Waals surface area contributed by atoms with Gasteiger partial charge in [-0.2, -0.15) is 0 Å². The zero-order valence-corrected chi connectivity index (χ0v) is 10.6. The Morgan fingerprint density at radius 1 is 1.17 bits per heavy atom. The van der Waals surface area contributed by atoms with Gasteiger partial charge in [0.2, 0.25) is 0 Å². The fourth-order valence-corrected chi connectivity index (χ4v) is 1.77. The van der Waals surface area contributed by atoms with E-state index in [2.05, 4.69) is 10.3 Å². The van der Waals surface area contributed by atoms with Gasteiger partial charge in [-0.15, -0.1) is 0 Å². The van der Waals surface area contributed by atoms with E-state index in [1.54, 1.807) is 6.20 Å². The Morgan fingerprint density at radius 3 is 2.72 bits per heavy atom. The predicted octanol–water partition coefficient (Wildman–Crippen LogP) is 2.63. The number of nitrogens with one attached hydrogen (secondary N) is 1. The minimum Gasteiger partial charge on any atom is -0.346 e. The van der Waals surface area contributed by atoms with E-state index in [9.17, 15) is 4.79 Å². The van der Waals surface area contributed by atoms with Crippen LogP contribution in [0.25, 0.3) is 0 Å². The number of rotatable bonds is 3. The van der Waals surface area contributed by atoms with Crippen LogP contribution in [0.2, 0.25) is 0 Å². The molecule has 2 aromatic rings. The van der Waals surface area contributed by atoms with Crippen LogP contribution in [0.3, 0.4) is 0 Å². The Labute approximate surface area is 107 Å². The fourth-order valence-electron chi connectivity index (χ4n) is 1.77. The van der Waals surface area contributed by atoms with Gasteiger partial charge in [-0.25, -0.2) is 0 Å². The van der Waals surface area contributed by atoms with Gasteiger partial charge in [-0.3, -0.25) is 9.78 Å². The van der Waals surface area contributed by atoms with Gasteiger partial charge in [-0.05, 0) is 43.2 Å². The number of pyridine rings is 1. The molecule has 0 radical (unpaired) electrons. The average Bonchev–Trinajstić information content (AvgIpc) is 2.40. The van der Waals surface area contributed by atoms with Gasteiger partial charge in [0.15, 0.2) is 0 Å². The summed E-state index contributed by atoms with van der Waals surface area (Å²) in [7, 11) is 0. The van der Waals surface area contributed by atoms with E-state index in [1.807, 2.05) is 50.2 Å². The van der Waals surface area contributed by atoms with E-state index in [0.717, 1.165) is 22.4 Å². The minimum absolute atomic E-state index is 0.0538. The number of hydrogen-bond acceptors (Lipinski definition) is 2. The smallest absolute Gasteiger partial charge is 0.251 e. The van der Waals surface area contributed by atoms with Crippen molar-refractivity contribution in [2.45, 2.75) is 20.4 Å². The molecule has 2 rings (SSSR count). The third kappa shape index (κ3) is 2.74. The van der Waals surface area contributed by atoms with Crippen molar-refractivity contribution in [3.8, 4) is 0 Å². The molecule has 3 heteroatoms. The van der Waals surface area contributed by atoms with Gasteiger partial charge in [-0.1, -0.05) is 18.2 Å². The Balaban J connectivity index is 2.07. The van der Waals surface area contributed by atoms with Gasteiger partial charge < -0.3 is 5.32 Å². The third-order valence-electron chi connectivity index (χ3n) is 3.01. The van der Waals surface area contributed by atoms with Crippen LogP contribution in [0.1, 0.15) is 27.2 Å². The second-order valence-corrected chi connectivity index (χ2v) is 4.25. The number of nitrogens with zero attached hydrogens (tertiary/aromatic N) is 1. The Hall–Kier alpha value is -2.16. The molecule has 0 atom stereocenters. The van der Waals surface area contributed by atoms with Crippen LogP contribution >= 0.6 is 0 Å².